The van der Waals surface area contributed by atoms with E-state index in [4.69, 9.17) is 9.47 Å². The van der Waals surface area contributed by atoms with E-state index in [1.54, 1.807) is 39.8 Å². The molecule has 0 saturated carbocycles. The van der Waals surface area contributed by atoms with Crippen LogP contribution in [0.3, 0.4) is 0 Å². The van der Waals surface area contributed by atoms with Gasteiger partial charge in [0.15, 0.2) is 0 Å². The third-order valence-corrected chi connectivity index (χ3v) is 7.52. The highest BCUT2D eigenvalue weighted by molar-refractivity contribution is 5.93. The van der Waals surface area contributed by atoms with Crippen molar-refractivity contribution in [2.24, 2.45) is 0 Å². The van der Waals surface area contributed by atoms with Crippen molar-refractivity contribution in [1.82, 2.24) is 20.0 Å². The van der Waals surface area contributed by atoms with Gasteiger partial charge in [-0.2, -0.15) is 0 Å². The highest BCUT2D eigenvalue weighted by Gasteiger charge is 2.42. The minimum atomic E-state index is -0.978. The van der Waals surface area contributed by atoms with E-state index in [9.17, 15) is 14.4 Å². The van der Waals surface area contributed by atoms with Gasteiger partial charge in [-0.3, -0.25) is 19.4 Å². The predicted molar refractivity (Wildman–Crippen MR) is 164 cm³/mol. The van der Waals surface area contributed by atoms with E-state index in [1.807, 2.05) is 48.5 Å². The smallest absolute Gasteiger partial charge is 0.410 e. The molecule has 0 saturated heterocycles. The molecule has 0 radical (unpaired) electrons. The Morgan fingerprint density at radius 1 is 1.02 bits per heavy atom. The van der Waals surface area contributed by atoms with Gasteiger partial charge in [-0.15, -0.1) is 0 Å². The number of carbonyl (C=O) groups is 3. The van der Waals surface area contributed by atoms with E-state index in [0.29, 0.717) is 49.5 Å². The summed E-state index contributed by atoms with van der Waals surface area (Å²) in [4.78, 5) is 46.9. The highest BCUT2D eigenvalue weighted by atomic mass is 16.6. The summed E-state index contributed by atoms with van der Waals surface area (Å²) < 4.78 is 11.1. The maximum Gasteiger partial charge on any atom is 0.410 e. The minimum absolute atomic E-state index is 0.256. The lowest BCUT2D eigenvalue weighted by Crippen LogP contribution is -2.52. The zero-order valence-corrected chi connectivity index (χ0v) is 26.6. The molecule has 3 amide bonds. The van der Waals surface area contributed by atoms with Crippen LogP contribution in [0.4, 0.5) is 4.79 Å². The van der Waals surface area contributed by atoms with Crippen molar-refractivity contribution in [2.45, 2.75) is 84.7 Å². The van der Waals surface area contributed by atoms with Gasteiger partial charge < -0.3 is 19.7 Å². The molecule has 42 heavy (non-hydrogen) atoms. The number of likely N-dealkylation sites (N-methyl/N-ethyl adjacent to an activating group) is 1. The zero-order chi connectivity index (χ0) is 31.2. The first-order valence-corrected chi connectivity index (χ1v) is 14.8. The second kappa shape index (κ2) is 14.1. The topological polar surface area (TPSA) is 91.4 Å². The van der Waals surface area contributed by atoms with Crippen LogP contribution >= 0.6 is 0 Å². The predicted octanol–water partition coefficient (Wildman–Crippen LogP) is 4.96. The quantitative estimate of drug-likeness (QED) is 0.427. The van der Waals surface area contributed by atoms with E-state index in [1.165, 1.54) is 4.90 Å². The van der Waals surface area contributed by atoms with E-state index in [2.05, 4.69) is 37.9 Å². The molecule has 2 aromatic carbocycles. The minimum Gasteiger partial charge on any atom is -0.497 e. The molecule has 9 nitrogen and oxygen atoms in total. The van der Waals surface area contributed by atoms with Gasteiger partial charge in [-0.1, -0.05) is 36.4 Å². The fourth-order valence-electron chi connectivity index (χ4n) is 5.53. The van der Waals surface area contributed by atoms with Crippen molar-refractivity contribution in [3.63, 3.8) is 0 Å². The molecular formula is C33H48N4O5. The van der Waals surface area contributed by atoms with E-state index in [0.717, 1.165) is 11.1 Å². The molecular weight excluding hydrogens is 532 g/mol. The number of hydrogen-bond donors (Lipinski definition) is 1. The van der Waals surface area contributed by atoms with Crippen LogP contribution in [-0.2, 0) is 20.7 Å². The summed E-state index contributed by atoms with van der Waals surface area (Å²) >= 11 is 0. The second-order valence-corrected chi connectivity index (χ2v) is 12.4. The summed E-state index contributed by atoms with van der Waals surface area (Å²) in [5, 5.41) is 3.10. The van der Waals surface area contributed by atoms with Crippen LogP contribution in [-0.4, -0.2) is 84.1 Å². The summed E-state index contributed by atoms with van der Waals surface area (Å²) in [5.41, 5.74) is 1.62. The Morgan fingerprint density at radius 3 is 2.24 bits per heavy atom. The summed E-state index contributed by atoms with van der Waals surface area (Å²) in [5.74, 6) is 0.0971. The number of benzene rings is 2. The summed E-state index contributed by atoms with van der Waals surface area (Å²) in [7, 11) is 3.17. The van der Waals surface area contributed by atoms with Gasteiger partial charge >= 0.3 is 6.09 Å². The van der Waals surface area contributed by atoms with Crippen LogP contribution in [0.1, 0.15) is 77.2 Å². The fourth-order valence-corrected chi connectivity index (χ4v) is 5.53. The molecule has 1 N–H and O–H groups in total. The molecule has 1 heterocycles. The molecule has 0 fully saturated rings. The normalized spacial score (nSPS) is 15.8. The van der Waals surface area contributed by atoms with Crippen LogP contribution in [0, 0.1) is 0 Å². The van der Waals surface area contributed by atoms with Crippen LogP contribution in [0.15, 0.2) is 48.5 Å². The molecule has 1 aliphatic heterocycles. The number of amides is 3. The number of carbonyl (C=O) groups excluding carboxylic acids is 3. The molecule has 1 aliphatic rings. The van der Waals surface area contributed by atoms with Gasteiger partial charge in [0.05, 0.1) is 7.11 Å². The van der Waals surface area contributed by atoms with E-state index in [-0.39, 0.29) is 11.8 Å². The molecule has 0 bridgehead atoms. The largest absolute Gasteiger partial charge is 0.497 e. The Labute approximate surface area is 251 Å². The number of methoxy groups -OCH3 is 1. The van der Waals surface area contributed by atoms with Crippen molar-refractivity contribution in [3.8, 4) is 5.75 Å². The highest BCUT2D eigenvalue weighted by Crippen LogP contribution is 2.36. The number of fused-ring (bicyclic) bond motifs is 1. The van der Waals surface area contributed by atoms with Gasteiger partial charge in [-0.25, -0.2) is 4.79 Å². The SMILES string of the molecule is COc1ccc2c(c1)CCN(C(=O)C(c1ccccc1)N(C)C(=O)OC(C)(C)C)C2C(=O)NCCN(C(C)C)C(C)C. The van der Waals surface area contributed by atoms with Crippen molar-refractivity contribution >= 4 is 17.9 Å². The van der Waals surface area contributed by atoms with Crippen LogP contribution in [0.25, 0.3) is 0 Å². The fraction of sp³-hybridized carbons (Fsp3) is 0.545. The maximum atomic E-state index is 14.5. The van der Waals surface area contributed by atoms with E-state index < -0.39 is 23.8 Å². The first-order chi connectivity index (χ1) is 19.7. The van der Waals surface area contributed by atoms with Crippen LogP contribution in [0.5, 0.6) is 5.75 Å². The third kappa shape index (κ3) is 8.03. The second-order valence-electron chi connectivity index (χ2n) is 12.4. The monoisotopic (exact) mass is 580 g/mol. The van der Waals surface area contributed by atoms with Crippen molar-refractivity contribution in [1.29, 1.82) is 0 Å². The number of rotatable bonds is 10. The van der Waals surface area contributed by atoms with Crippen LogP contribution in [0.2, 0.25) is 0 Å². The molecule has 230 valence electrons. The maximum absolute atomic E-state index is 14.5. The van der Waals surface area contributed by atoms with E-state index >= 15 is 0 Å². The van der Waals surface area contributed by atoms with Gasteiger partial charge in [0.2, 0.25) is 5.91 Å². The molecule has 0 spiro atoms. The molecule has 0 aliphatic carbocycles. The number of ether oxygens (including phenoxy) is 2. The van der Waals surface area contributed by atoms with Gasteiger partial charge in [0, 0.05) is 38.8 Å². The summed E-state index contributed by atoms with van der Waals surface area (Å²) in [6.45, 7) is 15.3. The number of nitrogens with one attached hydrogen (secondary N) is 1. The van der Waals surface area contributed by atoms with Crippen molar-refractivity contribution in [3.05, 3.63) is 65.2 Å². The molecule has 9 heteroatoms. The molecule has 0 aromatic heterocycles. The Hall–Kier alpha value is -3.59. The van der Waals surface area contributed by atoms with Crippen molar-refractivity contribution in [2.75, 3.05) is 33.8 Å². The lowest BCUT2D eigenvalue weighted by molar-refractivity contribution is -0.145. The Balaban J connectivity index is 1.99. The molecule has 2 aromatic rings. The Kier molecular flexibility index (Phi) is 11.0. The van der Waals surface area contributed by atoms with Gasteiger partial charge in [-0.05, 0) is 83.7 Å². The third-order valence-electron chi connectivity index (χ3n) is 7.52. The first kappa shape index (κ1) is 32.9. The molecule has 2 unspecified atom stereocenters. The molecule has 3 rings (SSSR count). The summed E-state index contributed by atoms with van der Waals surface area (Å²) in [6.07, 6.45) is -0.0657. The average Bonchev–Trinajstić information content (AvgIpc) is 2.93. The first-order valence-electron chi connectivity index (χ1n) is 14.8. The number of nitrogens with zero attached hydrogens (tertiary/aromatic N) is 3. The van der Waals surface area contributed by atoms with Gasteiger partial charge in [0.25, 0.3) is 5.91 Å². The lowest BCUT2D eigenvalue weighted by atomic mass is 9.90. The number of hydrogen-bond acceptors (Lipinski definition) is 6. The molecule has 2 atom stereocenters. The van der Waals surface area contributed by atoms with Gasteiger partial charge in [0.1, 0.15) is 23.4 Å². The lowest BCUT2D eigenvalue weighted by Gasteiger charge is -2.40. The van der Waals surface area contributed by atoms with Crippen LogP contribution < -0.4 is 10.1 Å². The standard InChI is InChI=1S/C33H48N4O5/c1-22(2)36(23(3)4)20-18-34-30(38)29-27-16-15-26(41-9)21-25(27)17-19-37(29)31(39)28(24-13-11-10-12-14-24)35(8)32(40)42-33(5,6)7/h10-16,21-23,28-29H,17-20H2,1-9H3,(H,34,38). The zero-order valence-electron chi connectivity index (χ0n) is 26.6. The average molecular weight is 581 g/mol. The summed E-state index contributed by atoms with van der Waals surface area (Å²) in [6, 6.07) is 13.6. The Bertz CT molecular complexity index is 1220. The van der Waals surface area contributed by atoms with Crippen molar-refractivity contribution < 1.29 is 23.9 Å². The Morgan fingerprint density at radius 2 is 1.67 bits per heavy atom.